The highest BCUT2D eigenvalue weighted by Crippen LogP contribution is 2.27. The van der Waals surface area contributed by atoms with E-state index < -0.39 is 0 Å². The lowest BCUT2D eigenvalue weighted by Gasteiger charge is -2.29. The van der Waals surface area contributed by atoms with Crippen LogP contribution in [0, 0.1) is 0 Å². The Kier molecular flexibility index (Phi) is 5.54. The van der Waals surface area contributed by atoms with Gasteiger partial charge in [0.2, 0.25) is 5.91 Å². The van der Waals surface area contributed by atoms with E-state index in [0.29, 0.717) is 11.8 Å². The number of hydrogen-bond acceptors (Lipinski definition) is 5. The fraction of sp³-hybridized carbons (Fsp3) is 0.533. The van der Waals surface area contributed by atoms with Crippen LogP contribution < -0.4 is 14.8 Å². The summed E-state index contributed by atoms with van der Waals surface area (Å²) >= 11 is 0. The first-order chi connectivity index (χ1) is 10.2. The van der Waals surface area contributed by atoms with Crippen LogP contribution in [0.15, 0.2) is 24.5 Å². The number of carbonyl (C=O) groups excluding carboxylic acids is 1. The molecule has 1 amide bonds. The minimum Gasteiger partial charge on any atom is -0.477 e. The predicted octanol–water partition coefficient (Wildman–Crippen LogP) is 1.87. The Bertz CT molecular complexity index is 497. The maximum atomic E-state index is 11.5. The van der Waals surface area contributed by atoms with E-state index in [2.05, 4.69) is 15.3 Å². The summed E-state index contributed by atoms with van der Waals surface area (Å²) < 4.78 is 11.0. The first kappa shape index (κ1) is 15.3. The second kappa shape index (κ2) is 7.61. The number of rotatable bonds is 5. The van der Waals surface area contributed by atoms with Gasteiger partial charge >= 0.3 is 0 Å². The number of methoxy groups -OCH3 is 1. The Morgan fingerprint density at radius 3 is 2.52 bits per heavy atom. The molecule has 1 aliphatic rings. The highest BCUT2D eigenvalue weighted by Gasteiger charge is 2.24. The molecule has 1 aliphatic carbocycles. The molecule has 1 aromatic rings. The largest absolute Gasteiger partial charge is 0.477 e. The van der Waals surface area contributed by atoms with Gasteiger partial charge in [0.25, 0.3) is 11.8 Å². The van der Waals surface area contributed by atoms with Gasteiger partial charge in [-0.2, -0.15) is 0 Å². The van der Waals surface area contributed by atoms with Gasteiger partial charge < -0.3 is 14.8 Å². The second-order valence-electron chi connectivity index (χ2n) is 4.97. The van der Waals surface area contributed by atoms with Crippen LogP contribution in [-0.2, 0) is 4.79 Å². The highest BCUT2D eigenvalue weighted by atomic mass is 16.5. The summed E-state index contributed by atoms with van der Waals surface area (Å²) in [5.41, 5.74) is 0. The van der Waals surface area contributed by atoms with Gasteiger partial charge in [-0.15, -0.1) is 0 Å². The van der Waals surface area contributed by atoms with Crippen LogP contribution in [0.2, 0.25) is 0 Å². The third-order valence-electron chi connectivity index (χ3n) is 3.44. The summed E-state index contributed by atoms with van der Waals surface area (Å²) in [6.45, 7) is 1.83. The first-order valence-electron chi connectivity index (χ1n) is 7.17. The standard InChI is InChI=1S/C15H21N3O3/c1-3-4-13(19)18-11-5-7-12(8-6-11)21-15-14(20-2)16-9-10-17-15/h3-4,9-12H,5-8H2,1-2H3,(H,18,19)/b4-3+. The molecule has 0 spiro atoms. The van der Waals surface area contributed by atoms with Crippen molar-refractivity contribution in [3.05, 3.63) is 24.5 Å². The average molecular weight is 291 g/mol. The lowest BCUT2D eigenvalue weighted by molar-refractivity contribution is -0.117. The molecule has 1 saturated carbocycles. The second-order valence-corrected chi connectivity index (χ2v) is 4.97. The number of carbonyl (C=O) groups is 1. The van der Waals surface area contributed by atoms with Gasteiger partial charge in [0.15, 0.2) is 0 Å². The first-order valence-corrected chi connectivity index (χ1v) is 7.17. The molecule has 114 valence electrons. The Labute approximate surface area is 124 Å². The zero-order chi connectivity index (χ0) is 15.1. The predicted molar refractivity (Wildman–Crippen MR) is 78.2 cm³/mol. The number of allylic oxidation sites excluding steroid dienone is 1. The number of ether oxygens (including phenoxy) is 2. The van der Waals surface area contributed by atoms with Gasteiger partial charge in [-0.3, -0.25) is 4.79 Å². The van der Waals surface area contributed by atoms with Crippen molar-refractivity contribution >= 4 is 5.91 Å². The molecule has 1 fully saturated rings. The summed E-state index contributed by atoms with van der Waals surface area (Å²) in [4.78, 5) is 19.7. The van der Waals surface area contributed by atoms with Crippen LogP contribution in [0.3, 0.4) is 0 Å². The van der Waals surface area contributed by atoms with Crippen LogP contribution >= 0.6 is 0 Å². The van der Waals surface area contributed by atoms with Crippen LogP contribution in [0.25, 0.3) is 0 Å². The molecular weight excluding hydrogens is 270 g/mol. The molecule has 6 heteroatoms. The Morgan fingerprint density at radius 2 is 1.90 bits per heavy atom. The summed E-state index contributed by atoms with van der Waals surface area (Å²) in [6.07, 6.45) is 10.1. The zero-order valence-corrected chi connectivity index (χ0v) is 12.4. The van der Waals surface area contributed by atoms with Gasteiger partial charge in [-0.1, -0.05) is 6.08 Å². The highest BCUT2D eigenvalue weighted by molar-refractivity contribution is 5.87. The summed E-state index contributed by atoms with van der Waals surface area (Å²) in [5.74, 6) is 0.805. The van der Waals surface area contributed by atoms with Crippen molar-refractivity contribution in [2.45, 2.75) is 44.8 Å². The maximum Gasteiger partial charge on any atom is 0.278 e. The fourth-order valence-electron chi connectivity index (χ4n) is 2.42. The van der Waals surface area contributed by atoms with Crippen molar-refractivity contribution in [3.63, 3.8) is 0 Å². The number of nitrogens with zero attached hydrogens (tertiary/aromatic N) is 2. The van der Waals surface area contributed by atoms with Crippen LogP contribution in [0.5, 0.6) is 11.8 Å². The Hall–Kier alpha value is -2.11. The Morgan fingerprint density at radius 1 is 1.24 bits per heavy atom. The smallest absolute Gasteiger partial charge is 0.278 e. The molecule has 1 heterocycles. The average Bonchev–Trinajstić information content (AvgIpc) is 2.50. The van der Waals surface area contributed by atoms with Gasteiger partial charge in [-0.25, -0.2) is 9.97 Å². The lowest BCUT2D eigenvalue weighted by Crippen LogP contribution is -2.39. The van der Waals surface area contributed by atoms with E-state index in [1.54, 1.807) is 31.7 Å². The maximum absolute atomic E-state index is 11.5. The molecule has 0 unspecified atom stereocenters. The Balaban J connectivity index is 1.83. The minimum atomic E-state index is -0.0301. The molecule has 0 aromatic carbocycles. The van der Waals surface area contributed by atoms with E-state index in [9.17, 15) is 4.79 Å². The molecule has 0 aliphatic heterocycles. The molecular formula is C15H21N3O3. The minimum absolute atomic E-state index is 0.0301. The van der Waals surface area contributed by atoms with Gasteiger partial charge in [0, 0.05) is 18.4 Å². The molecule has 0 atom stereocenters. The summed E-state index contributed by atoms with van der Waals surface area (Å²) in [6, 6.07) is 0.220. The van der Waals surface area contributed by atoms with Gasteiger partial charge in [-0.05, 0) is 38.7 Å². The molecule has 0 saturated heterocycles. The number of nitrogens with one attached hydrogen (secondary N) is 1. The van der Waals surface area contributed by atoms with E-state index in [1.165, 1.54) is 0 Å². The molecule has 0 bridgehead atoms. The number of amides is 1. The van der Waals surface area contributed by atoms with E-state index in [-0.39, 0.29) is 18.1 Å². The van der Waals surface area contributed by atoms with Gasteiger partial charge in [0.1, 0.15) is 6.10 Å². The molecule has 0 radical (unpaired) electrons. The summed E-state index contributed by atoms with van der Waals surface area (Å²) in [5, 5.41) is 2.99. The van der Waals surface area contributed by atoms with E-state index in [0.717, 1.165) is 25.7 Å². The molecule has 6 nitrogen and oxygen atoms in total. The quantitative estimate of drug-likeness (QED) is 0.838. The summed E-state index contributed by atoms with van der Waals surface area (Å²) in [7, 11) is 1.55. The van der Waals surface area contributed by atoms with Crippen molar-refractivity contribution in [1.29, 1.82) is 0 Å². The van der Waals surface area contributed by atoms with Crippen molar-refractivity contribution in [2.75, 3.05) is 7.11 Å². The topological polar surface area (TPSA) is 73.3 Å². The molecule has 1 N–H and O–H groups in total. The van der Waals surface area contributed by atoms with E-state index >= 15 is 0 Å². The van der Waals surface area contributed by atoms with Crippen LogP contribution in [0.1, 0.15) is 32.6 Å². The van der Waals surface area contributed by atoms with Gasteiger partial charge in [0.05, 0.1) is 7.11 Å². The number of hydrogen-bond donors (Lipinski definition) is 1. The lowest BCUT2D eigenvalue weighted by atomic mass is 9.93. The normalized spacial score (nSPS) is 22.0. The van der Waals surface area contributed by atoms with Crippen molar-refractivity contribution in [2.24, 2.45) is 0 Å². The molecule has 2 rings (SSSR count). The van der Waals surface area contributed by atoms with E-state index in [4.69, 9.17) is 9.47 Å². The van der Waals surface area contributed by atoms with Crippen molar-refractivity contribution in [1.82, 2.24) is 15.3 Å². The van der Waals surface area contributed by atoms with Crippen LogP contribution in [-0.4, -0.2) is 35.1 Å². The fourth-order valence-corrected chi connectivity index (χ4v) is 2.42. The number of aromatic nitrogens is 2. The SMILES string of the molecule is C/C=C/C(=O)NC1CCC(Oc2nccnc2OC)CC1. The third kappa shape index (κ3) is 4.44. The van der Waals surface area contributed by atoms with Crippen molar-refractivity contribution < 1.29 is 14.3 Å². The zero-order valence-electron chi connectivity index (χ0n) is 12.4. The van der Waals surface area contributed by atoms with E-state index in [1.807, 2.05) is 6.92 Å². The molecule has 1 aromatic heterocycles. The third-order valence-corrected chi connectivity index (χ3v) is 3.44. The molecule has 21 heavy (non-hydrogen) atoms. The van der Waals surface area contributed by atoms with Crippen LogP contribution in [0.4, 0.5) is 0 Å². The van der Waals surface area contributed by atoms with Crippen molar-refractivity contribution in [3.8, 4) is 11.8 Å². The monoisotopic (exact) mass is 291 g/mol.